The Morgan fingerprint density at radius 3 is 1.51 bits per heavy atom. The number of carbonyl (C=O) groups excluding carboxylic acids is 1. The quantitative estimate of drug-likeness (QED) is 0.0658. The van der Waals surface area contributed by atoms with Gasteiger partial charge in [0.25, 0.3) is 0 Å². The van der Waals surface area contributed by atoms with Crippen molar-refractivity contribution in [3.8, 4) is 0 Å². The second-order valence-electron chi connectivity index (χ2n) is 12.1. The molecule has 0 amide bonds. The van der Waals surface area contributed by atoms with E-state index in [1.807, 2.05) is 6.20 Å². The molecule has 0 aliphatic carbocycles. The lowest BCUT2D eigenvalue weighted by atomic mass is 10.2. The molecule has 0 saturated carbocycles. The summed E-state index contributed by atoms with van der Waals surface area (Å²) in [7, 11) is 4.43. The first-order valence-electron chi connectivity index (χ1n) is 16.8. The van der Waals surface area contributed by atoms with Crippen LogP contribution in [-0.4, -0.2) is 83.9 Å². The van der Waals surface area contributed by atoms with E-state index in [2.05, 4.69) is 9.97 Å². The SMILES string of the molecule is COCCOCc1cn(Cc2ccc(F)cc2F)c2cnc(C(=O)O)cc12.COCCOCc1cn(Cc2ccc(F)cc2F)c2cnc(C(=O)OC)cc12. The molecule has 0 aliphatic heterocycles. The molecule has 55 heavy (non-hydrogen) atoms. The van der Waals surface area contributed by atoms with Crippen LogP contribution in [0.5, 0.6) is 0 Å². The van der Waals surface area contributed by atoms with Crippen molar-refractivity contribution >= 4 is 33.7 Å². The number of ether oxygens (including phenoxy) is 5. The normalized spacial score (nSPS) is 11.2. The van der Waals surface area contributed by atoms with Crippen LogP contribution in [0.4, 0.5) is 17.6 Å². The van der Waals surface area contributed by atoms with Gasteiger partial charge in [0.1, 0.15) is 34.7 Å². The predicted octanol–water partition coefficient (Wildman–Crippen LogP) is 6.54. The monoisotopic (exact) mass is 766 g/mol. The molecule has 0 fully saturated rings. The minimum absolute atomic E-state index is 0.0913. The lowest BCUT2D eigenvalue weighted by molar-refractivity contribution is 0.0593. The highest BCUT2D eigenvalue weighted by Gasteiger charge is 2.17. The number of carboxylic acid groups (broad SMARTS) is 1. The third-order valence-corrected chi connectivity index (χ3v) is 8.40. The van der Waals surface area contributed by atoms with Gasteiger partial charge in [0.05, 0.1) is 83.3 Å². The zero-order chi connectivity index (χ0) is 39.5. The van der Waals surface area contributed by atoms with Gasteiger partial charge >= 0.3 is 11.9 Å². The smallest absolute Gasteiger partial charge is 0.356 e. The van der Waals surface area contributed by atoms with E-state index in [9.17, 15) is 32.3 Å². The van der Waals surface area contributed by atoms with E-state index in [1.54, 1.807) is 35.6 Å². The lowest BCUT2D eigenvalue weighted by Gasteiger charge is -2.07. The van der Waals surface area contributed by atoms with E-state index >= 15 is 0 Å². The average molecular weight is 767 g/mol. The number of aromatic carboxylic acids is 1. The van der Waals surface area contributed by atoms with Gasteiger partial charge in [-0.25, -0.2) is 37.1 Å². The fourth-order valence-electron chi connectivity index (χ4n) is 5.66. The molecule has 16 heteroatoms. The molecular formula is C39H38F4N4O8. The first-order chi connectivity index (χ1) is 26.5. The zero-order valence-electron chi connectivity index (χ0n) is 30.2. The van der Waals surface area contributed by atoms with E-state index in [4.69, 9.17) is 23.7 Å². The molecule has 0 atom stereocenters. The van der Waals surface area contributed by atoms with Crippen molar-refractivity contribution in [2.75, 3.05) is 47.8 Å². The van der Waals surface area contributed by atoms with Crippen LogP contribution in [0, 0.1) is 23.3 Å². The molecule has 290 valence electrons. The highest BCUT2D eigenvalue weighted by atomic mass is 19.1. The second-order valence-corrected chi connectivity index (χ2v) is 12.1. The fraction of sp³-hybridized carbons (Fsp3) is 0.282. The Kier molecular flexibility index (Phi) is 14.0. The highest BCUT2D eigenvalue weighted by molar-refractivity contribution is 5.94. The Morgan fingerprint density at radius 2 is 1.09 bits per heavy atom. The Labute approximate surface area is 312 Å². The molecule has 6 rings (SSSR count). The zero-order valence-corrected chi connectivity index (χ0v) is 30.2. The minimum atomic E-state index is -1.14. The van der Waals surface area contributed by atoms with Crippen LogP contribution < -0.4 is 0 Å². The van der Waals surface area contributed by atoms with Crippen molar-refractivity contribution < 1.29 is 55.9 Å². The number of fused-ring (bicyclic) bond motifs is 2. The molecule has 4 heterocycles. The van der Waals surface area contributed by atoms with Gasteiger partial charge in [-0.05, 0) is 24.3 Å². The van der Waals surface area contributed by atoms with E-state index in [1.165, 1.54) is 49.8 Å². The third kappa shape index (κ3) is 10.3. The number of halogens is 4. The van der Waals surface area contributed by atoms with E-state index < -0.39 is 35.2 Å². The Hall–Kier alpha value is -5.68. The van der Waals surface area contributed by atoms with Crippen molar-refractivity contribution in [2.45, 2.75) is 26.3 Å². The molecule has 1 N–H and O–H groups in total. The largest absolute Gasteiger partial charge is 0.477 e. The number of carboxylic acids is 1. The summed E-state index contributed by atoms with van der Waals surface area (Å²) in [5.74, 6) is -4.24. The fourth-order valence-corrected chi connectivity index (χ4v) is 5.66. The van der Waals surface area contributed by atoms with Gasteiger partial charge in [-0.2, -0.15) is 0 Å². The topological polar surface area (TPSA) is 136 Å². The number of carbonyl (C=O) groups is 2. The first-order valence-corrected chi connectivity index (χ1v) is 16.8. The Morgan fingerprint density at radius 1 is 0.636 bits per heavy atom. The number of pyridine rings is 2. The Bertz CT molecular complexity index is 2280. The molecule has 0 unspecified atom stereocenters. The number of nitrogens with zero attached hydrogens (tertiary/aromatic N) is 4. The molecule has 12 nitrogen and oxygen atoms in total. The number of hydrogen-bond donors (Lipinski definition) is 1. The van der Waals surface area contributed by atoms with Crippen LogP contribution in [0.3, 0.4) is 0 Å². The summed E-state index contributed by atoms with van der Waals surface area (Å²) in [6.45, 7) is 2.52. The summed E-state index contributed by atoms with van der Waals surface area (Å²) in [5.41, 5.74) is 3.60. The molecular weight excluding hydrogens is 728 g/mol. The van der Waals surface area contributed by atoms with Gasteiger partial charge in [-0.15, -0.1) is 0 Å². The number of aromatic nitrogens is 4. The average Bonchev–Trinajstić information content (AvgIpc) is 3.70. The summed E-state index contributed by atoms with van der Waals surface area (Å²) < 4.78 is 83.7. The van der Waals surface area contributed by atoms with Crippen LogP contribution in [-0.2, 0) is 50.0 Å². The maximum Gasteiger partial charge on any atom is 0.356 e. The van der Waals surface area contributed by atoms with Crippen molar-refractivity contribution in [3.63, 3.8) is 0 Å². The molecule has 4 aromatic heterocycles. The summed E-state index contributed by atoms with van der Waals surface area (Å²) in [4.78, 5) is 31.1. The van der Waals surface area contributed by atoms with E-state index in [0.29, 0.717) is 54.0 Å². The maximum atomic E-state index is 14.1. The van der Waals surface area contributed by atoms with Crippen molar-refractivity contribution in [1.29, 1.82) is 0 Å². The van der Waals surface area contributed by atoms with Gasteiger partial charge in [-0.3, -0.25) is 0 Å². The summed E-state index contributed by atoms with van der Waals surface area (Å²) in [5, 5.41) is 10.6. The van der Waals surface area contributed by atoms with Crippen LogP contribution in [0.2, 0.25) is 0 Å². The van der Waals surface area contributed by atoms with E-state index in [-0.39, 0.29) is 37.7 Å². The first kappa shape index (κ1) is 40.5. The Balaban J connectivity index is 0.000000211. The molecule has 2 aromatic carbocycles. The molecule has 6 aromatic rings. The number of esters is 1. The van der Waals surface area contributed by atoms with Gasteiger partial charge in [-0.1, -0.05) is 12.1 Å². The molecule has 0 saturated heterocycles. The number of hydrogen-bond acceptors (Lipinski definition) is 9. The standard InChI is InChI=1S/C20H20F2N2O4.C19H18F2N2O4/c1-26-5-6-28-12-14-11-24(10-13-3-4-15(21)7-17(13)22)19-9-23-18(8-16(14)19)20(25)27-2;1-26-4-5-27-11-13-10-23(9-12-2-3-14(20)6-16(12)21)18-8-22-17(19(24)25)7-15(13)18/h3-4,7-9,11H,5-6,10,12H2,1-2H3;2-3,6-8,10H,4-5,9,11H2,1H3,(H,24,25). The van der Waals surface area contributed by atoms with Crippen molar-refractivity contribution in [1.82, 2.24) is 19.1 Å². The van der Waals surface area contributed by atoms with Gasteiger partial charge in [0.15, 0.2) is 0 Å². The molecule has 0 radical (unpaired) electrons. The van der Waals surface area contributed by atoms with Gasteiger partial charge < -0.3 is 37.9 Å². The number of methoxy groups -OCH3 is 3. The summed E-state index contributed by atoms with van der Waals surface area (Å²) in [6.07, 6.45) is 6.52. The van der Waals surface area contributed by atoms with Gasteiger partial charge in [0.2, 0.25) is 0 Å². The number of benzene rings is 2. The number of rotatable bonds is 16. The highest BCUT2D eigenvalue weighted by Crippen LogP contribution is 2.26. The van der Waals surface area contributed by atoms with Crippen LogP contribution in [0.1, 0.15) is 43.2 Å². The van der Waals surface area contributed by atoms with Crippen LogP contribution >= 0.6 is 0 Å². The van der Waals surface area contributed by atoms with Crippen LogP contribution in [0.15, 0.2) is 73.3 Å². The minimum Gasteiger partial charge on any atom is -0.477 e. The van der Waals surface area contributed by atoms with Crippen molar-refractivity contribution in [3.05, 3.63) is 130 Å². The summed E-state index contributed by atoms with van der Waals surface area (Å²) in [6, 6.07) is 9.95. The second kappa shape index (κ2) is 19.1. The molecule has 0 bridgehead atoms. The predicted molar refractivity (Wildman–Crippen MR) is 192 cm³/mol. The third-order valence-electron chi connectivity index (χ3n) is 8.40. The lowest BCUT2D eigenvalue weighted by Crippen LogP contribution is -2.05. The molecule has 0 spiro atoms. The summed E-state index contributed by atoms with van der Waals surface area (Å²) >= 11 is 0. The van der Waals surface area contributed by atoms with E-state index in [0.717, 1.165) is 28.6 Å². The van der Waals surface area contributed by atoms with Crippen molar-refractivity contribution in [2.24, 2.45) is 0 Å². The maximum absolute atomic E-state index is 14.1. The molecule has 0 aliphatic rings. The van der Waals surface area contributed by atoms with Crippen LogP contribution in [0.25, 0.3) is 21.8 Å². The van der Waals surface area contributed by atoms with Gasteiger partial charge in [0, 0.05) is 71.8 Å².